The van der Waals surface area contributed by atoms with Crippen molar-refractivity contribution in [1.82, 2.24) is 5.32 Å². The Morgan fingerprint density at radius 3 is 2.59 bits per heavy atom. The zero-order chi connectivity index (χ0) is 20.8. The van der Waals surface area contributed by atoms with Gasteiger partial charge in [-0.05, 0) is 36.2 Å². The number of aliphatic hydroxyl groups is 1. The van der Waals surface area contributed by atoms with Gasteiger partial charge in [-0.1, -0.05) is 35.9 Å². The Kier molecular flexibility index (Phi) is 6.98. The zero-order valence-electron chi connectivity index (χ0n) is 16.0. The molecule has 8 heteroatoms. The lowest BCUT2D eigenvalue weighted by molar-refractivity contribution is -0.151. The molecule has 1 aliphatic heterocycles. The third kappa shape index (κ3) is 5.63. The molecule has 0 radical (unpaired) electrons. The van der Waals surface area contributed by atoms with E-state index in [4.69, 9.17) is 22.2 Å². The monoisotopic (exact) mass is 414 g/mol. The quantitative estimate of drug-likeness (QED) is 0.290. The zero-order valence-corrected chi connectivity index (χ0v) is 16.7. The normalized spacial score (nSPS) is 22.2. The molecule has 7 nitrogen and oxygen atoms in total. The Morgan fingerprint density at radius 1 is 1.28 bits per heavy atom. The number of rotatable bonds is 6. The van der Waals surface area contributed by atoms with Crippen LogP contribution in [-0.4, -0.2) is 47.8 Å². The van der Waals surface area contributed by atoms with Crippen LogP contribution in [0.5, 0.6) is 0 Å². The van der Waals surface area contributed by atoms with Crippen LogP contribution >= 0.6 is 11.6 Å². The van der Waals surface area contributed by atoms with Crippen LogP contribution in [0.4, 0.5) is 5.69 Å². The van der Waals surface area contributed by atoms with Crippen LogP contribution in [0.3, 0.4) is 0 Å². The molecule has 1 aliphatic rings. The SMILES string of the molecule is CC(=O)O[C@@H]1[C@@H](O)CN[C@@H]1Cc1ccc(/C(C=Nc2ccc(Cl)cc2)=N/N)cc1. The lowest BCUT2D eigenvalue weighted by atomic mass is 9.99. The number of benzene rings is 2. The summed E-state index contributed by atoms with van der Waals surface area (Å²) in [7, 11) is 0. The number of nitrogens with one attached hydrogen (secondary N) is 1. The standard InChI is InChI=1S/C21H23ClN4O3/c1-13(27)29-21-18(25-12-20(21)28)10-14-2-4-15(5-3-14)19(26-23)11-24-17-8-6-16(22)7-9-17/h2-9,11,18,20-21,25,28H,10,12,23H2,1H3/b24-11?,26-19+/t18-,20+,21+/m1/s1. The first kappa shape index (κ1) is 21.0. The molecule has 0 saturated carbocycles. The molecule has 1 heterocycles. The summed E-state index contributed by atoms with van der Waals surface area (Å²) >= 11 is 5.88. The second-order valence-electron chi connectivity index (χ2n) is 6.81. The van der Waals surface area contributed by atoms with Crippen molar-refractivity contribution in [3.05, 3.63) is 64.7 Å². The largest absolute Gasteiger partial charge is 0.458 e. The van der Waals surface area contributed by atoms with E-state index in [0.29, 0.717) is 23.7 Å². The van der Waals surface area contributed by atoms with Gasteiger partial charge in [0.25, 0.3) is 0 Å². The molecule has 3 atom stereocenters. The molecule has 0 amide bonds. The van der Waals surface area contributed by atoms with Crippen LogP contribution in [0, 0.1) is 0 Å². The first-order chi connectivity index (χ1) is 14.0. The van der Waals surface area contributed by atoms with Gasteiger partial charge in [-0.25, -0.2) is 0 Å². The maximum absolute atomic E-state index is 11.3. The molecule has 0 aliphatic carbocycles. The summed E-state index contributed by atoms with van der Waals surface area (Å²) in [5.74, 6) is 5.13. The number of carbonyl (C=O) groups is 1. The first-order valence-electron chi connectivity index (χ1n) is 9.22. The van der Waals surface area contributed by atoms with E-state index >= 15 is 0 Å². The van der Waals surface area contributed by atoms with Crippen LogP contribution in [-0.2, 0) is 16.0 Å². The van der Waals surface area contributed by atoms with Crippen LogP contribution in [0.25, 0.3) is 0 Å². The minimum Gasteiger partial charge on any atom is -0.458 e. The molecule has 1 fully saturated rings. The third-order valence-corrected chi connectivity index (χ3v) is 4.93. The van der Waals surface area contributed by atoms with E-state index in [1.165, 1.54) is 6.92 Å². The van der Waals surface area contributed by atoms with Gasteiger partial charge in [-0.2, -0.15) is 5.10 Å². The highest BCUT2D eigenvalue weighted by Crippen LogP contribution is 2.19. The number of β-amino-alcohol motifs (C(OH)–C–C–N with tert-alkyl or cyclic N) is 1. The lowest BCUT2D eigenvalue weighted by Crippen LogP contribution is -2.38. The number of hydrazone groups is 1. The lowest BCUT2D eigenvalue weighted by Gasteiger charge is -2.21. The van der Waals surface area contributed by atoms with Gasteiger partial charge in [0.15, 0.2) is 0 Å². The molecular weight excluding hydrogens is 392 g/mol. The highest BCUT2D eigenvalue weighted by Gasteiger charge is 2.37. The number of nitrogens with two attached hydrogens (primary N) is 1. The fourth-order valence-corrected chi connectivity index (χ4v) is 3.35. The molecule has 0 spiro atoms. The minimum atomic E-state index is -0.705. The van der Waals surface area contributed by atoms with Crippen molar-refractivity contribution >= 4 is 35.2 Å². The van der Waals surface area contributed by atoms with Crippen molar-refractivity contribution < 1.29 is 14.6 Å². The second kappa shape index (κ2) is 9.65. The van der Waals surface area contributed by atoms with Crippen LogP contribution in [0.2, 0.25) is 5.02 Å². The van der Waals surface area contributed by atoms with Crippen molar-refractivity contribution in [2.45, 2.75) is 31.6 Å². The number of carbonyl (C=O) groups excluding carboxylic acids is 1. The average molecular weight is 415 g/mol. The molecule has 152 valence electrons. The van der Waals surface area contributed by atoms with E-state index in [1.807, 2.05) is 24.3 Å². The first-order valence-corrected chi connectivity index (χ1v) is 9.59. The Morgan fingerprint density at radius 2 is 1.97 bits per heavy atom. The molecule has 2 aromatic rings. The Balaban J connectivity index is 1.67. The third-order valence-electron chi connectivity index (χ3n) is 4.67. The van der Waals surface area contributed by atoms with Gasteiger partial charge in [-0.15, -0.1) is 0 Å². The van der Waals surface area contributed by atoms with E-state index < -0.39 is 18.2 Å². The molecular formula is C21H23ClN4O3. The number of aliphatic hydroxyl groups excluding tert-OH is 1. The molecule has 0 aromatic heterocycles. The van der Waals surface area contributed by atoms with Crippen LogP contribution in [0.1, 0.15) is 18.1 Å². The van der Waals surface area contributed by atoms with Crippen LogP contribution in [0.15, 0.2) is 58.6 Å². The van der Waals surface area contributed by atoms with Crippen molar-refractivity contribution in [3.8, 4) is 0 Å². The number of hydrogen-bond acceptors (Lipinski definition) is 7. The van der Waals surface area contributed by atoms with Gasteiger partial charge < -0.3 is 21.0 Å². The molecule has 0 unspecified atom stereocenters. The van der Waals surface area contributed by atoms with Gasteiger partial charge in [0.05, 0.1) is 17.9 Å². The van der Waals surface area contributed by atoms with E-state index in [2.05, 4.69) is 15.4 Å². The topological polar surface area (TPSA) is 109 Å². The van der Waals surface area contributed by atoms with Gasteiger partial charge in [0.1, 0.15) is 17.9 Å². The van der Waals surface area contributed by atoms with Gasteiger partial charge in [0, 0.05) is 24.1 Å². The number of hydrogen-bond donors (Lipinski definition) is 3. The van der Waals surface area contributed by atoms with Crippen LogP contribution < -0.4 is 11.2 Å². The maximum Gasteiger partial charge on any atom is 0.303 e. The van der Waals surface area contributed by atoms with E-state index in [9.17, 15) is 9.90 Å². The van der Waals surface area contributed by atoms with E-state index in [-0.39, 0.29) is 6.04 Å². The fourth-order valence-electron chi connectivity index (χ4n) is 3.22. The maximum atomic E-state index is 11.3. The smallest absolute Gasteiger partial charge is 0.303 e. The number of esters is 1. The summed E-state index contributed by atoms with van der Waals surface area (Å²) in [6.45, 7) is 1.74. The number of halogens is 1. The van der Waals surface area contributed by atoms with Gasteiger partial charge in [-0.3, -0.25) is 9.79 Å². The molecule has 29 heavy (non-hydrogen) atoms. The predicted molar refractivity (Wildman–Crippen MR) is 114 cm³/mol. The molecule has 1 saturated heterocycles. The Labute approximate surface area is 174 Å². The minimum absolute atomic E-state index is 0.145. The summed E-state index contributed by atoms with van der Waals surface area (Å²) in [6.07, 6.45) is 0.954. The highest BCUT2D eigenvalue weighted by molar-refractivity contribution is 6.38. The van der Waals surface area contributed by atoms with Gasteiger partial charge in [0.2, 0.25) is 0 Å². The molecule has 4 N–H and O–H groups in total. The summed E-state index contributed by atoms with van der Waals surface area (Å²) in [5, 5.41) is 17.7. The molecule has 0 bridgehead atoms. The average Bonchev–Trinajstić information content (AvgIpc) is 3.04. The van der Waals surface area contributed by atoms with Crippen molar-refractivity contribution in [2.24, 2.45) is 15.9 Å². The highest BCUT2D eigenvalue weighted by atomic mass is 35.5. The second-order valence-corrected chi connectivity index (χ2v) is 7.24. The Hall–Kier alpha value is -2.74. The Bertz CT molecular complexity index is 897. The fraction of sp³-hybridized carbons (Fsp3) is 0.286. The molecule has 2 aromatic carbocycles. The number of aliphatic imine (C=N–C) groups is 1. The van der Waals surface area contributed by atoms with Crippen molar-refractivity contribution in [2.75, 3.05) is 6.54 Å². The van der Waals surface area contributed by atoms with Gasteiger partial charge >= 0.3 is 5.97 Å². The summed E-state index contributed by atoms with van der Waals surface area (Å²) in [6, 6.07) is 14.7. The van der Waals surface area contributed by atoms with E-state index in [1.54, 1.807) is 30.5 Å². The summed E-state index contributed by atoms with van der Waals surface area (Å²) in [4.78, 5) is 15.6. The number of ether oxygens (including phenoxy) is 1. The van der Waals surface area contributed by atoms with Crippen molar-refractivity contribution in [1.29, 1.82) is 0 Å². The number of nitrogens with zero attached hydrogens (tertiary/aromatic N) is 2. The summed E-state index contributed by atoms with van der Waals surface area (Å²) < 4.78 is 5.26. The molecule has 3 rings (SSSR count). The van der Waals surface area contributed by atoms with E-state index in [0.717, 1.165) is 16.8 Å². The van der Waals surface area contributed by atoms with Crippen molar-refractivity contribution in [3.63, 3.8) is 0 Å². The summed E-state index contributed by atoms with van der Waals surface area (Å²) in [5.41, 5.74) is 3.14. The predicted octanol–water partition coefficient (Wildman–Crippen LogP) is 2.21.